The zero-order valence-corrected chi connectivity index (χ0v) is 10.2. The van der Waals surface area contributed by atoms with E-state index in [1.54, 1.807) is 32.0 Å². The van der Waals surface area contributed by atoms with Crippen molar-refractivity contribution in [2.75, 3.05) is 0 Å². The Balaban J connectivity index is 2.50. The minimum Gasteiger partial charge on any atom is -0.485 e. The third-order valence-electron chi connectivity index (χ3n) is 3.20. The van der Waals surface area contributed by atoms with Crippen LogP contribution in [-0.4, -0.2) is 22.6 Å². The molecule has 3 N–H and O–H groups in total. The average molecular weight is 235 g/mol. The third-order valence-corrected chi connectivity index (χ3v) is 3.20. The van der Waals surface area contributed by atoms with Crippen molar-refractivity contribution in [3.8, 4) is 5.75 Å². The van der Waals surface area contributed by atoms with Gasteiger partial charge in [0.25, 0.3) is 0 Å². The van der Waals surface area contributed by atoms with Gasteiger partial charge in [0.1, 0.15) is 17.5 Å². The fourth-order valence-corrected chi connectivity index (χ4v) is 2.07. The number of aliphatic hydroxyl groups excluding tert-OH is 1. The molecular weight excluding hydrogens is 218 g/mol. The summed E-state index contributed by atoms with van der Waals surface area (Å²) in [7, 11) is 0. The fourth-order valence-electron chi connectivity index (χ4n) is 2.07. The second kappa shape index (κ2) is 3.82. The molecule has 2 atom stereocenters. The first-order valence-corrected chi connectivity index (χ1v) is 5.60. The maximum absolute atomic E-state index is 11.3. The molecule has 0 aromatic heterocycles. The predicted molar refractivity (Wildman–Crippen MR) is 64.1 cm³/mol. The Morgan fingerprint density at radius 3 is 2.71 bits per heavy atom. The molecule has 0 spiro atoms. The first-order valence-electron chi connectivity index (χ1n) is 5.60. The Kier molecular flexibility index (Phi) is 2.72. The molecule has 4 heteroatoms. The van der Waals surface area contributed by atoms with Gasteiger partial charge in [0, 0.05) is 11.1 Å². The highest BCUT2D eigenvalue weighted by atomic mass is 16.5. The van der Waals surface area contributed by atoms with E-state index in [-0.39, 0.29) is 5.78 Å². The highest BCUT2D eigenvalue weighted by Crippen LogP contribution is 2.38. The van der Waals surface area contributed by atoms with E-state index in [4.69, 9.17) is 10.5 Å². The lowest BCUT2D eigenvalue weighted by Crippen LogP contribution is -2.51. The third kappa shape index (κ3) is 1.94. The van der Waals surface area contributed by atoms with Crippen molar-refractivity contribution in [1.29, 1.82) is 0 Å². The monoisotopic (exact) mass is 235 g/mol. The van der Waals surface area contributed by atoms with E-state index in [1.165, 1.54) is 6.92 Å². The fraction of sp³-hybridized carbons (Fsp3) is 0.462. The van der Waals surface area contributed by atoms with Gasteiger partial charge in [-0.3, -0.25) is 4.79 Å². The lowest BCUT2D eigenvalue weighted by Gasteiger charge is -2.40. The number of aliphatic hydroxyl groups is 1. The van der Waals surface area contributed by atoms with Gasteiger partial charge in [-0.15, -0.1) is 0 Å². The summed E-state index contributed by atoms with van der Waals surface area (Å²) in [5.41, 5.74) is 6.54. The Morgan fingerprint density at radius 1 is 1.47 bits per heavy atom. The second-order valence-corrected chi connectivity index (χ2v) is 4.98. The number of ether oxygens (including phenoxy) is 1. The number of nitrogens with two attached hydrogens (primary N) is 1. The Morgan fingerprint density at radius 2 is 2.12 bits per heavy atom. The molecule has 1 aromatic rings. The summed E-state index contributed by atoms with van der Waals surface area (Å²) in [6, 6.07) is 4.61. The van der Waals surface area contributed by atoms with Gasteiger partial charge in [0.2, 0.25) is 0 Å². The zero-order valence-electron chi connectivity index (χ0n) is 10.2. The SMILES string of the molecule is CC(=O)c1ccc2c(c1)[C@H](N)[C@H](O)C(C)(C)O2. The Labute approximate surface area is 100 Å². The van der Waals surface area contributed by atoms with E-state index in [1.807, 2.05) is 0 Å². The summed E-state index contributed by atoms with van der Waals surface area (Å²) < 4.78 is 5.70. The molecular formula is C13H17NO3. The van der Waals surface area contributed by atoms with Crippen molar-refractivity contribution >= 4 is 5.78 Å². The lowest BCUT2D eigenvalue weighted by atomic mass is 9.86. The van der Waals surface area contributed by atoms with Gasteiger partial charge in [0.15, 0.2) is 5.78 Å². The topological polar surface area (TPSA) is 72.6 Å². The van der Waals surface area contributed by atoms with Crippen LogP contribution >= 0.6 is 0 Å². The minimum absolute atomic E-state index is 0.0284. The van der Waals surface area contributed by atoms with Gasteiger partial charge >= 0.3 is 0 Å². The van der Waals surface area contributed by atoms with E-state index < -0.39 is 17.7 Å². The molecule has 0 saturated carbocycles. The number of fused-ring (bicyclic) bond motifs is 1. The van der Waals surface area contributed by atoms with Crippen LogP contribution in [0.1, 0.15) is 42.7 Å². The molecule has 4 nitrogen and oxygen atoms in total. The molecule has 1 aliphatic heterocycles. The standard InChI is InChI=1S/C13H17NO3/c1-7(15)8-4-5-10-9(6-8)11(14)12(16)13(2,3)17-10/h4-6,11-12,16H,14H2,1-3H3/t11-,12-/m0/s1. The van der Waals surface area contributed by atoms with Crippen LogP contribution < -0.4 is 10.5 Å². The molecule has 0 radical (unpaired) electrons. The smallest absolute Gasteiger partial charge is 0.159 e. The van der Waals surface area contributed by atoms with Crippen LogP contribution in [-0.2, 0) is 0 Å². The zero-order chi connectivity index (χ0) is 12.8. The molecule has 0 saturated heterocycles. The van der Waals surface area contributed by atoms with Crippen LogP contribution in [0.5, 0.6) is 5.75 Å². The summed E-state index contributed by atoms with van der Waals surface area (Å²) in [4.78, 5) is 11.3. The lowest BCUT2D eigenvalue weighted by molar-refractivity contribution is -0.0571. The number of hydrogen-bond donors (Lipinski definition) is 2. The maximum Gasteiger partial charge on any atom is 0.159 e. The normalized spacial score (nSPS) is 25.9. The minimum atomic E-state index is -0.794. The molecule has 0 amide bonds. The summed E-state index contributed by atoms with van der Waals surface area (Å²) in [6.45, 7) is 5.08. The molecule has 1 aliphatic rings. The quantitative estimate of drug-likeness (QED) is 0.722. The van der Waals surface area contributed by atoms with Crippen molar-refractivity contribution in [3.05, 3.63) is 29.3 Å². The van der Waals surface area contributed by atoms with Gasteiger partial charge in [0.05, 0.1) is 6.04 Å². The summed E-state index contributed by atoms with van der Waals surface area (Å²) in [5, 5.41) is 10.0. The highest BCUT2D eigenvalue weighted by molar-refractivity contribution is 5.94. The summed E-state index contributed by atoms with van der Waals surface area (Å²) in [6.07, 6.45) is -0.794. The number of hydrogen-bond acceptors (Lipinski definition) is 4. The van der Waals surface area contributed by atoms with Crippen LogP contribution in [0.2, 0.25) is 0 Å². The molecule has 1 aromatic carbocycles. The number of ketones is 1. The van der Waals surface area contributed by atoms with E-state index >= 15 is 0 Å². The molecule has 0 aliphatic carbocycles. The Bertz CT molecular complexity index is 468. The molecule has 92 valence electrons. The second-order valence-electron chi connectivity index (χ2n) is 4.98. The Hall–Kier alpha value is -1.39. The number of carbonyl (C=O) groups is 1. The van der Waals surface area contributed by atoms with Crippen LogP contribution in [0.3, 0.4) is 0 Å². The van der Waals surface area contributed by atoms with E-state index in [2.05, 4.69) is 0 Å². The van der Waals surface area contributed by atoms with Crippen molar-refractivity contribution in [2.24, 2.45) is 5.73 Å². The van der Waals surface area contributed by atoms with E-state index in [0.717, 1.165) is 0 Å². The van der Waals surface area contributed by atoms with Gasteiger partial charge in [-0.1, -0.05) is 0 Å². The average Bonchev–Trinajstić information content (AvgIpc) is 2.25. The molecule has 17 heavy (non-hydrogen) atoms. The van der Waals surface area contributed by atoms with Crippen LogP contribution in [0.25, 0.3) is 0 Å². The van der Waals surface area contributed by atoms with Crippen molar-refractivity contribution < 1.29 is 14.6 Å². The van der Waals surface area contributed by atoms with Gasteiger partial charge in [-0.05, 0) is 39.0 Å². The molecule has 0 unspecified atom stereocenters. The number of benzene rings is 1. The maximum atomic E-state index is 11.3. The number of carbonyl (C=O) groups excluding carboxylic acids is 1. The first kappa shape index (κ1) is 12.1. The van der Waals surface area contributed by atoms with Crippen LogP contribution in [0.4, 0.5) is 0 Å². The summed E-state index contributed by atoms with van der Waals surface area (Å²) in [5.74, 6) is 0.608. The first-order chi connectivity index (χ1) is 7.83. The van der Waals surface area contributed by atoms with Crippen molar-refractivity contribution in [3.63, 3.8) is 0 Å². The van der Waals surface area contributed by atoms with Gasteiger partial charge in [-0.2, -0.15) is 0 Å². The van der Waals surface area contributed by atoms with E-state index in [0.29, 0.717) is 16.9 Å². The highest BCUT2D eigenvalue weighted by Gasteiger charge is 2.41. The van der Waals surface area contributed by atoms with Crippen LogP contribution in [0.15, 0.2) is 18.2 Å². The van der Waals surface area contributed by atoms with Gasteiger partial charge in [-0.25, -0.2) is 0 Å². The van der Waals surface area contributed by atoms with Gasteiger partial charge < -0.3 is 15.6 Å². The molecule has 0 bridgehead atoms. The van der Waals surface area contributed by atoms with E-state index in [9.17, 15) is 9.90 Å². The summed E-state index contributed by atoms with van der Waals surface area (Å²) >= 11 is 0. The van der Waals surface area contributed by atoms with Crippen molar-refractivity contribution in [1.82, 2.24) is 0 Å². The molecule has 1 heterocycles. The molecule has 2 rings (SSSR count). The largest absolute Gasteiger partial charge is 0.485 e. The van der Waals surface area contributed by atoms with Crippen LogP contribution in [0, 0.1) is 0 Å². The number of Topliss-reactive ketones (excluding diaryl/α,β-unsaturated/α-hetero) is 1. The number of rotatable bonds is 1. The van der Waals surface area contributed by atoms with Crippen molar-refractivity contribution in [2.45, 2.75) is 38.5 Å². The molecule has 0 fully saturated rings. The predicted octanol–water partition coefficient (Wildman–Crippen LogP) is 1.42.